The average molecular weight is 311 g/mol. The van der Waals surface area contributed by atoms with Crippen molar-refractivity contribution in [2.45, 2.75) is 38.1 Å². The smallest absolute Gasteiger partial charge is 0.258 e. The van der Waals surface area contributed by atoms with Gasteiger partial charge in [0.25, 0.3) is 5.69 Å². The molecule has 0 radical (unpaired) electrons. The van der Waals surface area contributed by atoms with Crippen LogP contribution in [0.3, 0.4) is 0 Å². The molecular formula is C13H17N3O4S. The third kappa shape index (κ3) is 4.51. The van der Waals surface area contributed by atoms with Gasteiger partial charge in [0, 0.05) is 18.2 Å². The number of nitriles is 1. The van der Waals surface area contributed by atoms with Crippen molar-refractivity contribution in [3.8, 4) is 6.07 Å². The molecular weight excluding hydrogens is 294 g/mol. The molecule has 0 saturated heterocycles. The fraction of sp³-hybridized carbons (Fsp3) is 0.462. The summed E-state index contributed by atoms with van der Waals surface area (Å²) in [5, 5.41) is 19.4. The van der Waals surface area contributed by atoms with Crippen molar-refractivity contribution in [3.05, 3.63) is 34.4 Å². The molecule has 0 spiro atoms. The molecule has 7 nitrogen and oxygen atoms in total. The van der Waals surface area contributed by atoms with Gasteiger partial charge in [0.1, 0.15) is 0 Å². The van der Waals surface area contributed by atoms with Gasteiger partial charge in [-0.15, -0.1) is 0 Å². The van der Waals surface area contributed by atoms with Gasteiger partial charge in [-0.05, 0) is 17.5 Å². The number of nitro groups is 1. The van der Waals surface area contributed by atoms with Gasteiger partial charge < -0.3 is 0 Å². The predicted molar refractivity (Wildman–Crippen MR) is 76.9 cm³/mol. The van der Waals surface area contributed by atoms with Crippen molar-refractivity contribution in [2.24, 2.45) is 5.41 Å². The second kappa shape index (κ2) is 6.20. The second-order valence-corrected chi connectivity index (χ2v) is 7.37. The summed E-state index contributed by atoms with van der Waals surface area (Å²) in [6.45, 7) is 5.48. The number of hydrogen-bond acceptors (Lipinski definition) is 5. The van der Waals surface area contributed by atoms with E-state index in [4.69, 9.17) is 5.26 Å². The minimum absolute atomic E-state index is 0.0374. The molecule has 0 aromatic heterocycles. The Morgan fingerprint density at radius 1 is 1.33 bits per heavy atom. The highest BCUT2D eigenvalue weighted by atomic mass is 32.2. The van der Waals surface area contributed by atoms with Crippen LogP contribution in [0.15, 0.2) is 29.2 Å². The van der Waals surface area contributed by atoms with Crippen molar-refractivity contribution in [2.75, 3.05) is 0 Å². The van der Waals surface area contributed by atoms with Crippen LogP contribution in [0.5, 0.6) is 0 Å². The van der Waals surface area contributed by atoms with Gasteiger partial charge in [-0.3, -0.25) is 10.1 Å². The molecule has 0 bridgehead atoms. The zero-order valence-electron chi connectivity index (χ0n) is 12.0. The van der Waals surface area contributed by atoms with Crippen LogP contribution < -0.4 is 4.72 Å². The lowest BCUT2D eigenvalue weighted by molar-refractivity contribution is -0.384. The maximum absolute atomic E-state index is 12.3. The molecule has 1 aromatic rings. The van der Waals surface area contributed by atoms with E-state index in [1.807, 2.05) is 26.8 Å². The summed E-state index contributed by atoms with van der Waals surface area (Å²) in [6.07, 6.45) is 0.0374. The zero-order valence-corrected chi connectivity index (χ0v) is 12.8. The molecule has 0 heterocycles. The Bertz CT molecular complexity index is 654. The largest absolute Gasteiger partial charge is 0.269 e. The van der Waals surface area contributed by atoms with Crippen LogP contribution in [-0.4, -0.2) is 19.4 Å². The van der Waals surface area contributed by atoms with Gasteiger partial charge in [-0.25, -0.2) is 13.1 Å². The normalized spacial score (nSPS) is 13.4. The van der Waals surface area contributed by atoms with E-state index in [9.17, 15) is 18.5 Å². The minimum Gasteiger partial charge on any atom is -0.258 e. The Balaban J connectivity index is 3.05. The first-order valence-corrected chi connectivity index (χ1v) is 7.70. The zero-order chi connectivity index (χ0) is 16.3. The van der Waals surface area contributed by atoms with E-state index in [1.165, 1.54) is 12.1 Å². The lowest BCUT2D eigenvalue weighted by Gasteiger charge is -2.29. The van der Waals surface area contributed by atoms with Gasteiger partial charge in [0.05, 0.1) is 22.3 Å². The number of benzene rings is 1. The molecule has 0 fully saturated rings. The molecule has 1 unspecified atom stereocenters. The third-order valence-electron chi connectivity index (χ3n) is 3.00. The highest BCUT2D eigenvalue weighted by Gasteiger charge is 2.29. The monoisotopic (exact) mass is 311 g/mol. The van der Waals surface area contributed by atoms with Crippen molar-refractivity contribution in [1.29, 1.82) is 5.26 Å². The van der Waals surface area contributed by atoms with Crippen LogP contribution in [0.25, 0.3) is 0 Å². The van der Waals surface area contributed by atoms with Crippen LogP contribution in [0.1, 0.15) is 27.2 Å². The summed E-state index contributed by atoms with van der Waals surface area (Å²) in [5.41, 5.74) is -0.609. The summed E-state index contributed by atoms with van der Waals surface area (Å²) in [6, 6.07) is 6.01. The summed E-state index contributed by atoms with van der Waals surface area (Å²) < 4.78 is 27.0. The van der Waals surface area contributed by atoms with E-state index >= 15 is 0 Å². The lowest BCUT2D eigenvalue weighted by atomic mass is 9.86. The fourth-order valence-corrected chi connectivity index (χ4v) is 3.06. The molecule has 21 heavy (non-hydrogen) atoms. The molecule has 1 atom stereocenters. The third-order valence-corrected chi connectivity index (χ3v) is 4.48. The van der Waals surface area contributed by atoms with Crippen molar-refractivity contribution in [1.82, 2.24) is 4.72 Å². The fourth-order valence-electron chi connectivity index (χ4n) is 1.62. The summed E-state index contributed by atoms with van der Waals surface area (Å²) in [7, 11) is -3.83. The molecule has 1 rings (SSSR count). The van der Waals surface area contributed by atoms with Crippen LogP contribution in [0.4, 0.5) is 5.69 Å². The van der Waals surface area contributed by atoms with Crippen molar-refractivity contribution in [3.63, 3.8) is 0 Å². The molecule has 0 aliphatic carbocycles. The number of non-ortho nitro benzene ring substituents is 1. The molecule has 0 saturated carbocycles. The summed E-state index contributed by atoms with van der Waals surface area (Å²) in [5.74, 6) is 0. The Morgan fingerprint density at radius 3 is 2.24 bits per heavy atom. The number of nitrogens with one attached hydrogen (secondary N) is 1. The quantitative estimate of drug-likeness (QED) is 0.661. The number of hydrogen-bond donors (Lipinski definition) is 1. The van der Waals surface area contributed by atoms with Gasteiger partial charge in [0.15, 0.2) is 0 Å². The number of sulfonamides is 1. The molecule has 0 aliphatic rings. The van der Waals surface area contributed by atoms with Gasteiger partial charge in [0.2, 0.25) is 10.0 Å². The number of nitro benzene ring substituents is 1. The first-order valence-electron chi connectivity index (χ1n) is 6.21. The van der Waals surface area contributed by atoms with E-state index < -0.39 is 26.4 Å². The maximum Gasteiger partial charge on any atom is 0.269 e. The molecule has 0 amide bonds. The van der Waals surface area contributed by atoms with Crippen LogP contribution in [0, 0.1) is 26.9 Å². The van der Waals surface area contributed by atoms with Gasteiger partial charge in [-0.1, -0.05) is 20.8 Å². The van der Waals surface area contributed by atoms with E-state index in [-0.39, 0.29) is 17.0 Å². The Labute approximate surface area is 123 Å². The van der Waals surface area contributed by atoms with Crippen molar-refractivity contribution >= 4 is 15.7 Å². The van der Waals surface area contributed by atoms with Gasteiger partial charge in [-0.2, -0.15) is 5.26 Å². The number of nitrogens with zero attached hydrogens (tertiary/aromatic N) is 2. The summed E-state index contributed by atoms with van der Waals surface area (Å²) in [4.78, 5) is 9.89. The van der Waals surface area contributed by atoms with E-state index in [2.05, 4.69) is 4.72 Å². The van der Waals surface area contributed by atoms with E-state index in [0.717, 1.165) is 12.1 Å². The van der Waals surface area contributed by atoms with Crippen LogP contribution >= 0.6 is 0 Å². The van der Waals surface area contributed by atoms with Crippen molar-refractivity contribution < 1.29 is 13.3 Å². The minimum atomic E-state index is -3.83. The molecule has 8 heteroatoms. The number of rotatable bonds is 5. The Morgan fingerprint density at radius 2 is 1.86 bits per heavy atom. The Hall–Kier alpha value is -1.98. The summed E-state index contributed by atoms with van der Waals surface area (Å²) >= 11 is 0. The van der Waals surface area contributed by atoms with Crippen LogP contribution in [0.2, 0.25) is 0 Å². The second-order valence-electron chi connectivity index (χ2n) is 5.65. The Kier molecular flexibility index (Phi) is 5.04. The first kappa shape index (κ1) is 17.1. The molecule has 1 N–H and O–H groups in total. The lowest BCUT2D eigenvalue weighted by Crippen LogP contribution is -2.43. The van der Waals surface area contributed by atoms with Crippen LogP contribution in [-0.2, 0) is 10.0 Å². The first-order chi connectivity index (χ1) is 9.58. The standard InChI is InChI=1S/C13H17N3O4S/c1-13(2,3)12(8-9-14)15-21(19,20)11-6-4-10(5-7-11)16(17)18/h4-7,12,15H,8H2,1-3H3. The van der Waals surface area contributed by atoms with E-state index in [0.29, 0.717) is 0 Å². The topological polar surface area (TPSA) is 113 Å². The highest BCUT2D eigenvalue weighted by molar-refractivity contribution is 7.89. The SMILES string of the molecule is CC(C)(C)C(CC#N)NS(=O)(=O)c1ccc([N+](=O)[O-])cc1. The average Bonchev–Trinajstić information content (AvgIpc) is 2.37. The van der Waals surface area contributed by atoms with E-state index in [1.54, 1.807) is 0 Å². The molecule has 1 aromatic carbocycles. The predicted octanol–water partition coefficient (Wildman–Crippen LogP) is 2.20. The maximum atomic E-state index is 12.3. The highest BCUT2D eigenvalue weighted by Crippen LogP contribution is 2.24. The van der Waals surface area contributed by atoms with Gasteiger partial charge >= 0.3 is 0 Å². The molecule has 0 aliphatic heterocycles. The molecule has 114 valence electrons.